The van der Waals surface area contributed by atoms with E-state index in [4.69, 9.17) is 18.9 Å². The molecule has 10 nitrogen and oxygen atoms in total. The minimum Gasteiger partial charge on any atom is -0.493 e. The van der Waals surface area contributed by atoms with Gasteiger partial charge in [-0.1, -0.05) is 0 Å². The van der Waals surface area contributed by atoms with Gasteiger partial charge in [-0.25, -0.2) is 9.97 Å². The molecule has 1 aliphatic heterocycles. The molecule has 0 spiro atoms. The van der Waals surface area contributed by atoms with Crippen molar-refractivity contribution in [3.8, 4) is 17.2 Å². The number of rotatable bonds is 9. The molecule has 1 aromatic heterocycles. The van der Waals surface area contributed by atoms with Gasteiger partial charge < -0.3 is 29.6 Å². The third-order valence-electron chi connectivity index (χ3n) is 4.66. The predicted molar refractivity (Wildman–Crippen MR) is 112 cm³/mol. The van der Waals surface area contributed by atoms with Crippen LogP contribution in [0.15, 0.2) is 24.5 Å². The zero-order chi connectivity index (χ0) is 21.3. The summed E-state index contributed by atoms with van der Waals surface area (Å²) in [5.74, 6) is 1.56. The Bertz CT molecular complexity index is 832. The van der Waals surface area contributed by atoms with Gasteiger partial charge in [0.05, 0.1) is 34.5 Å². The molecule has 2 N–H and O–H groups in total. The molecule has 1 aromatic carbocycles. The Morgan fingerprint density at radius 3 is 2.40 bits per heavy atom. The summed E-state index contributed by atoms with van der Waals surface area (Å²) in [6.07, 6.45) is 1.36. The summed E-state index contributed by atoms with van der Waals surface area (Å²) in [6, 6.07) is 4.93. The van der Waals surface area contributed by atoms with Crippen LogP contribution >= 0.6 is 0 Å². The number of nitrogens with zero attached hydrogens (tertiary/aromatic N) is 3. The zero-order valence-electron chi connectivity index (χ0n) is 17.4. The number of amides is 1. The first-order valence-electron chi connectivity index (χ1n) is 9.62. The number of anilines is 2. The molecule has 1 fully saturated rings. The first kappa shape index (κ1) is 21.6. The third kappa shape index (κ3) is 5.49. The van der Waals surface area contributed by atoms with E-state index in [1.54, 1.807) is 18.2 Å². The number of aromatic nitrogens is 2. The Morgan fingerprint density at radius 2 is 1.77 bits per heavy atom. The van der Waals surface area contributed by atoms with Gasteiger partial charge in [-0.2, -0.15) is 0 Å². The van der Waals surface area contributed by atoms with Crippen LogP contribution in [0.25, 0.3) is 0 Å². The number of carbonyl (C=O) groups excluding carboxylic acids is 1. The van der Waals surface area contributed by atoms with Gasteiger partial charge in [0.2, 0.25) is 5.75 Å². The number of benzene rings is 1. The van der Waals surface area contributed by atoms with Crippen LogP contribution < -0.4 is 24.8 Å². The number of ether oxygens (including phenoxy) is 4. The van der Waals surface area contributed by atoms with Gasteiger partial charge in [0.15, 0.2) is 11.5 Å². The Morgan fingerprint density at radius 1 is 1.07 bits per heavy atom. The van der Waals surface area contributed by atoms with Gasteiger partial charge in [0.25, 0.3) is 5.91 Å². The van der Waals surface area contributed by atoms with Crippen LogP contribution in [-0.4, -0.2) is 81.5 Å². The van der Waals surface area contributed by atoms with Crippen molar-refractivity contribution in [2.45, 2.75) is 0 Å². The lowest BCUT2D eigenvalue weighted by molar-refractivity contribution is 0.0398. The molecule has 0 radical (unpaired) electrons. The van der Waals surface area contributed by atoms with Crippen molar-refractivity contribution in [3.05, 3.63) is 30.2 Å². The number of hydrogen-bond donors (Lipinski definition) is 2. The second-order valence-corrected chi connectivity index (χ2v) is 6.54. The minimum absolute atomic E-state index is 0.243. The lowest BCUT2D eigenvalue weighted by Crippen LogP contribution is -2.39. The number of nitrogens with one attached hydrogen (secondary N) is 2. The topological polar surface area (TPSA) is 107 Å². The highest BCUT2D eigenvalue weighted by Gasteiger charge is 2.16. The maximum Gasteiger partial charge on any atom is 0.274 e. The Kier molecular flexibility index (Phi) is 7.63. The van der Waals surface area contributed by atoms with Crippen molar-refractivity contribution in [2.24, 2.45) is 0 Å². The van der Waals surface area contributed by atoms with E-state index in [1.165, 1.54) is 27.7 Å². The Hall–Kier alpha value is -3.11. The van der Waals surface area contributed by atoms with E-state index in [1.807, 2.05) is 0 Å². The van der Waals surface area contributed by atoms with Gasteiger partial charge in [-0.3, -0.25) is 9.69 Å². The standard InChI is InChI=1S/C20H27N5O5/c1-27-16-10-14(11-17(28-2)19(16)29-3)24-20(26)15-12-18(23-13-22-15)21-4-5-25-6-8-30-9-7-25/h10-13H,4-9H2,1-3H3,(H,24,26)(H,21,22,23). The van der Waals surface area contributed by atoms with E-state index in [0.29, 0.717) is 35.3 Å². The molecule has 3 rings (SSSR count). The van der Waals surface area contributed by atoms with Gasteiger partial charge in [-0.05, 0) is 0 Å². The van der Waals surface area contributed by atoms with Crippen LogP contribution in [0.3, 0.4) is 0 Å². The van der Waals surface area contributed by atoms with E-state index in [2.05, 4.69) is 25.5 Å². The van der Waals surface area contributed by atoms with Crippen LogP contribution in [0, 0.1) is 0 Å². The molecule has 1 aliphatic rings. The summed E-state index contributed by atoms with van der Waals surface area (Å²) in [6.45, 7) is 4.96. The maximum absolute atomic E-state index is 12.7. The molecule has 0 unspecified atom stereocenters. The molecule has 162 valence electrons. The van der Waals surface area contributed by atoms with Gasteiger partial charge in [0.1, 0.15) is 17.8 Å². The molecule has 0 atom stereocenters. The molecule has 30 heavy (non-hydrogen) atoms. The second-order valence-electron chi connectivity index (χ2n) is 6.54. The molecule has 0 aliphatic carbocycles. The summed E-state index contributed by atoms with van der Waals surface area (Å²) < 4.78 is 21.3. The normalized spacial score (nSPS) is 14.1. The molecular formula is C20H27N5O5. The summed E-state index contributed by atoms with van der Waals surface area (Å²) >= 11 is 0. The molecule has 1 amide bonds. The summed E-state index contributed by atoms with van der Waals surface area (Å²) in [5.41, 5.74) is 0.738. The molecule has 1 saturated heterocycles. The number of hydrogen-bond acceptors (Lipinski definition) is 9. The fraction of sp³-hybridized carbons (Fsp3) is 0.450. The summed E-state index contributed by atoms with van der Waals surface area (Å²) in [4.78, 5) is 23.3. The fourth-order valence-electron chi connectivity index (χ4n) is 3.09. The lowest BCUT2D eigenvalue weighted by atomic mass is 10.2. The van der Waals surface area contributed by atoms with Gasteiger partial charge >= 0.3 is 0 Å². The van der Waals surface area contributed by atoms with Crippen LogP contribution in [0.4, 0.5) is 11.5 Å². The average Bonchev–Trinajstić information content (AvgIpc) is 2.79. The van der Waals surface area contributed by atoms with E-state index < -0.39 is 0 Å². The second kappa shape index (κ2) is 10.6. The summed E-state index contributed by atoms with van der Waals surface area (Å²) in [7, 11) is 4.55. The molecule has 10 heteroatoms. The fourth-order valence-corrected chi connectivity index (χ4v) is 3.09. The largest absolute Gasteiger partial charge is 0.493 e. The molecular weight excluding hydrogens is 390 g/mol. The van der Waals surface area contributed by atoms with Crippen molar-refractivity contribution in [1.29, 1.82) is 0 Å². The highest BCUT2D eigenvalue weighted by Crippen LogP contribution is 2.40. The number of morpholine rings is 1. The van der Waals surface area contributed by atoms with Crippen LogP contribution in [0.2, 0.25) is 0 Å². The molecule has 2 heterocycles. The van der Waals surface area contributed by atoms with Crippen molar-refractivity contribution in [2.75, 3.05) is 71.4 Å². The molecule has 0 saturated carbocycles. The minimum atomic E-state index is -0.372. The van der Waals surface area contributed by atoms with Gasteiger partial charge in [0, 0.05) is 50.1 Å². The predicted octanol–water partition coefficient (Wildman–Crippen LogP) is 1.50. The highest BCUT2D eigenvalue weighted by molar-refractivity contribution is 6.03. The SMILES string of the molecule is COc1cc(NC(=O)c2cc(NCCN3CCOCC3)ncn2)cc(OC)c1OC. The monoisotopic (exact) mass is 417 g/mol. The van der Waals surface area contributed by atoms with Crippen LogP contribution in [-0.2, 0) is 4.74 Å². The van der Waals surface area contributed by atoms with Gasteiger partial charge in [-0.15, -0.1) is 0 Å². The first-order valence-corrected chi connectivity index (χ1v) is 9.62. The smallest absolute Gasteiger partial charge is 0.274 e. The Labute approximate surface area is 175 Å². The van der Waals surface area contributed by atoms with Crippen LogP contribution in [0.5, 0.6) is 17.2 Å². The average molecular weight is 417 g/mol. The van der Waals surface area contributed by atoms with Crippen molar-refractivity contribution >= 4 is 17.4 Å². The van der Waals surface area contributed by atoms with Crippen molar-refractivity contribution < 1.29 is 23.7 Å². The quantitative estimate of drug-likeness (QED) is 0.628. The Balaban J connectivity index is 1.63. The highest BCUT2D eigenvalue weighted by atomic mass is 16.5. The van der Waals surface area contributed by atoms with E-state index in [0.717, 1.165) is 32.8 Å². The maximum atomic E-state index is 12.7. The molecule has 2 aromatic rings. The number of methoxy groups -OCH3 is 3. The zero-order valence-corrected chi connectivity index (χ0v) is 17.4. The van der Waals surface area contributed by atoms with Crippen molar-refractivity contribution in [1.82, 2.24) is 14.9 Å². The first-order chi connectivity index (χ1) is 14.6. The van der Waals surface area contributed by atoms with E-state index in [-0.39, 0.29) is 11.6 Å². The van der Waals surface area contributed by atoms with Crippen LogP contribution in [0.1, 0.15) is 10.5 Å². The summed E-state index contributed by atoms with van der Waals surface area (Å²) in [5, 5.41) is 6.03. The van der Waals surface area contributed by atoms with E-state index >= 15 is 0 Å². The van der Waals surface area contributed by atoms with Crippen molar-refractivity contribution in [3.63, 3.8) is 0 Å². The molecule has 0 bridgehead atoms. The lowest BCUT2D eigenvalue weighted by Gasteiger charge is -2.26. The van der Waals surface area contributed by atoms with E-state index in [9.17, 15) is 4.79 Å². The number of carbonyl (C=O) groups is 1. The third-order valence-corrected chi connectivity index (χ3v) is 4.66.